The first-order valence-corrected chi connectivity index (χ1v) is 9.31. The molecule has 2 amide bonds. The Morgan fingerprint density at radius 2 is 1.73 bits per heavy atom. The van der Waals surface area contributed by atoms with E-state index in [1.807, 2.05) is 23.1 Å². The van der Waals surface area contributed by atoms with E-state index in [4.69, 9.17) is 0 Å². The van der Waals surface area contributed by atoms with Crippen LogP contribution in [0.3, 0.4) is 0 Å². The van der Waals surface area contributed by atoms with Crippen molar-refractivity contribution in [3.8, 4) is 11.1 Å². The minimum absolute atomic E-state index is 0.0407. The third-order valence-corrected chi connectivity index (χ3v) is 5.08. The number of benzene rings is 2. The summed E-state index contributed by atoms with van der Waals surface area (Å²) in [5.74, 6) is 0.118. The van der Waals surface area contributed by atoms with Crippen LogP contribution < -0.4 is 5.32 Å². The second-order valence-electron chi connectivity index (χ2n) is 6.86. The normalized spacial score (nSPS) is 17.0. The van der Waals surface area contributed by atoms with Gasteiger partial charge < -0.3 is 10.2 Å². The van der Waals surface area contributed by atoms with Gasteiger partial charge in [0.15, 0.2) is 0 Å². The molecule has 1 aliphatic rings. The predicted molar refractivity (Wildman–Crippen MR) is 104 cm³/mol. The van der Waals surface area contributed by atoms with Crippen molar-refractivity contribution >= 4 is 11.8 Å². The summed E-state index contributed by atoms with van der Waals surface area (Å²) in [6, 6.07) is 18.7. The molecule has 4 heteroatoms. The van der Waals surface area contributed by atoms with Gasteiger partial charge in [-0.1, -0.05) is 54.6 Å². The summed E-state index contributed by atoms with van der Waals surface area (Å²) in [6.07, 6.45) is 2.99. The maximum Gasteiger partial charge on any atom is 0.224 e. The fraction of sp³-hybridized carbons (Fsp3) is 0.364. The number of piperidine rings is 1. The van der Waals surface area contributed by atoms with E-state index in [0.717, 1.165) is 31.4 Å². The van der Waals surface area contributed by atoms with Crippen molar-refractivity contribution in [1.82, 2.24) is 10.2 Å². The van der Waals surface area contributed by atoms with Gasteiger partial charge in [0.05, 0.1) is 5.92 Å². The molecule has 1 N–H and O–H groups in total. The highest BCUT2D eigenvalue weighted by atomic mass is 16.2. The zero-order chi connectivity index (χ0) is 18.4. The van der Waals surface area contributed by atoms with Crippen molar-refractivity contribution < 1.29 is 9.59 Å². The molecule has 0 bridgehead atoms. The lowest BCUT2D eigenvalue weighted by molar-refractivity contribution is -0.135. The lowest BCUT2D eigenvalue weighted by Crippen LogP contribution is -2.44. The number of hydrogen-bond acceptors (Lipinski definition) is 2. The Morgan fingerprint density at radius 1 is 1.04 bits per heavy atom. The minimum Gasteiger partial charge on any atom is -0.359 e. The van der Waals surface area contributed by atoms with Crippen molar-refractivity contribution in [2.75, 3.05) is 20.1 Å². The molecular formula is C22H26N2O2. The molecule has 0 saturated carbocycles. The van der Waals surface area contributed by atoms with Crippen molar-refractivity contribution in [2.24, 2.45) is 5.92 Å². The molecule has 0 aromatic heterocycles. The molecule has 0 spiro atoms. The van der Waals surface area contributed by atoms with Gasteiger partial charge in [-0.05, 0) is 36.0 Å². The maximum atomic E-state index is 12.5. The van der Waals surface area contributed by atoms with Crippen LogP contribution in [0.25, 0.3) is 11.1 Å². The van der Waals surface area contributed by atoms with Crippen molar-refractivity contribution in [2.45, 2.75) is 25.7 Å². The summed E-state index contributed by atoms with van der Waals surface area (Å²) in [4.78, 5) is 26.2. The fourth-order valence-corrected chi connectivity index (χ4v) is 3.53. The predicted octanol–water partition coefficient (Wildman–Crippen LogP) is 3.27. The highest BCUT2D eigenvalue weighted by Gasteiger charge is 2.27. The number of nitrogens with zero attached hydrogens (tertiary/aromatic N) is 1. The molecule has 1 fully saturated rings. The Bertz CT molecular complexity index is 740. The average Bonchev–Trinajstić information content (AvgIpc) is 2.72. The quantitative estimate of drug-likeness (QED) is 0.900. The molecular weight excluding hydrogens is 324 g/mol. The Morgan fingerprint density at radius 3 is 2.42 bits per heavy atom. The average molecular weight is 350 g/mol. The second kappa shape index (κ2) is 8.65. The summed E-state index contributed by atoms with van der Waals surface area (Å²) in [6.45, 7) is 1.31. The van der Waals surface area contributed by atoms with E-state index in [2.05, 4.69) is 41.7 Å². The lowest BCUT2D eigenvalue weighted by atomic mass is 9.96. The molecule has 0 aliphatic carbocycles. The smallest absolute Gasteiger partial charge is 0.224 e. The molecule has 3 rings (SSSR count). The minimum atomic E-state index is -0.0668. The first kappa shape index (κ1) is 18.2. The number of amides is 2. The molecule has 2 aromatic carbocycles. The third-order valence-electron chi connectivity index (χ3n) is 5.08. The monoisotopic (exact) mass is 350 g/mol. The van der Waals surface area contributed by atoms with Crippen LogP contribution >= 0.6 is 0 Å². The number of aryl methyl sites for hydroxylation is 1. The number of likely N-dealkylation sites (tertiary alicyclic amines) is 1. The van der Waals surface area contributed by atoms with Crippen molar-refractivity contribution in [3.63, 3.8) is 0 Å². The van der Waals surface area contributed by atoms with E-state index in [9.17, 15) is 9.59 Å². The van der Waals surface area contributed by atoms with Gasteiger partial charge in [0, 0.05) is 26.6 Å². The molecule has 1 heterocycles. The van der Waals surface area contributed by atoms with Crippen LogP contribution in [-0.4, -0.2) is 36.9 Å². The van der Waals surface area contributed by atoms with E-state index in [1.165, 1.54) is 11.1 Å². The number of carbonyl (C=O) groups is 2. The molecule has 1 atom stereocenters. The van der Waals surface area contributed by atoms with Crippen LogP contribution in [0.4, 0.5) is 0 Å². The summed E-state index contributed by atoms with van der Waals surface area (Å²) < 4.78 is 0. The van der Waals surface area contributed by atoms with Crippen LogP contribution in [0.15, 0.2) is 54.6 Å². The lowest BCUT2D eigenvalue weighted by Gasteiger charge is -2.32. The number of nitrogens with one attached hydrogen (secondary N) is 1. The largest absolute Gasteiger partial charge is 0.359 e. The highest BCUT2D eigenvalue weighted by molar-refractivity contribution is 5.81. The summed E-state index contributed by atoms with van der Waals surface area (Å²) in [7, 11) is 1.65. The van der Waals surface area contributed by atoms with E-state index in [-0.39, 0.29) is 17.7 Å². The number of hydrogen-bond donors (Lipinski definition) is 1. The van der Waals surface area contributed by atoms with Crippen LogP contribution in [0, 0.1) is 5.92 Å². The molecule has 1 aliphatic heterocycles. The first-order chi connectivity index (χ1) is 12.7. The topological polar surface area (TPSA) is 49.4 Å². The molecule has 0 radical (unpaired) electrons. The number of carbonyl (C=O) groups excluding carboxylic acids is 2. The first-order valence-electron chi connectivity index (χ1n) is 9.31. The van der Waals surface area contributed by atoms with Crippen molar-refractivity contribution in [3.05, 3.63) is 60.2 Å². The number of rotatable bonds is 5. The maximum absolute atomic E-state index is 12.5. The summed E-state index contributed by atoms with van der Waals surface area (Å²) in [5, 5.41) is 2.69. The van der Waals surface area contributed by atoms with E-state index < -0.39 is 0 Å². The summed E-state index contributed by atoms with van der Waals surface area (Å²) in [5.41, 5.74) is 3.55. The molecule has 0 unspecified atom stereocenters. The Hall–Kier alpha value is -2.62. The van der Waals surface area contributed by atoms with Crippen LogP contribution in [0.5, 0.6) is 0 Å². The van der Waals surface area contributed by atoms with Crippen LogP contribution in [0.1, 0.15) is 24.8 Å². The third kappa shape index (κ3) is 4.51. The molecule has 1 saturated heterocycles. The van der Waals surface area contributed by atoms with Crippen LogP contribution in [-0.2, 0) is 16.0 Å². The van der Waals surface area contributed by atoms with Gasteiger partial charge in [0.25, 0.3) is 0 Å². The zero-order valence-corrected chi connectivity index (χ0v) is 15.3. The fourth-order valence-electron chi connectivity index (χ4n) is 3.53. The SMILES string of the molecule is CNC(=O)[C@H]1CCCN(C(=O)CCc2ccc(-c3ccccc3)cc2)C1. The standard InChI is InChI=1S/C22H26N2O2/c1-23-22(26)20-8-5-15-24(16-20)21(25)14-11-17-9-12-19(13-10-17)18-6-3-2-4-7-18/h2-4,6-7,9-10,12-13,20H,5,8,11,14-16H2,1H3,(H,23,26)/t20-/m0/s1. The van der Waals surface area contributed by atoms with Gasteiger partial charge >= 0.3 is 0 Å². The zero-order valence-electron chi connectivity index (χ0n) is 15.3. The second-order valence-corrected chi connectivity index (χ2v) is 6.86. The van der Waals surface area contributed by atoms with Gasteiger partial charge in [-0.15, -0.1) is 0 Å². The van der Waals surface area contributed by atoms with E-state index in [0.29, 0.717) is 13.0 Å². The molecule has 136 valence electrons. The van der Waals surface area contributed by atoms with Gasteiger partial charge in [-0.25, -0.2) is 0 Å². The Labute approximate surface area is 155 Å². The van der Waals surface area contributed by atoms with Gasteiger partial charge in [-0.2, -0.15) is 0 Å². The molecule has 26 heavy (non-hydrogen) atoms. The Balaban J connectivity index is 1.53. The van der Waals surface area contributed by atoms with E-state index in [1.54, 1.807) is 7.05 Å². The highest BCUT2D eigenvalue weighted by Crippen LogP contribution is 2.21. The Kier molecular flexibility index (Phi) is 6.05. The molecule has 4 nitrogen and oxygen atoms in total. The summed E-state index contributed by atoms with van der Waals surface area (Å²) >= 11 is 0. The van der Waals surface area contributed by atoms with Gasteiger partial charge in [0.2, 0.25) is 11.8 Å². The van der Waals surface area contributed by atoms with Crippen LogP contribution in [0.2, 0.25) is 0 Å². The van der Waals surface area contributed by atoms with E-state index >= 15 is 0 Å². The molecule has 2 aromatic rings. The van der Waals surface area contributed by atoms with Crippen molar-refractivity contribution in [1.29, 1.82) is 0 Å². The van der Waals surface area contributed by atoms with Gasteiger partial charge in [-0.3, -0.25) is 9.59 Å². The van der Waals surface area contributed by atoms with Gasteiger partial charge in [0.1, 0.15) is 0 Å².